The van der Waals surface area contributed by atoms with E-state index in [1.54, 1.807) is 49.6 Å². The van der Waals surface area contributed by atoms with Gasteiger partial charge in [-0.05, 0) is 80.8 Å². The number of hydrogen-bond acceptors (Lipinski definition) is 7. The molecule has 1 fully saturated rings. The van der Waals surface area contributed by atoms with Crippen LogP contribution in [-0.4, -0.2) is 47.1 Å². The molecule has 2 N–H and O–H groups in total. The SMILES string of the molecule is CCOc1ccc(/C(O)=C2\C(=O)C(=O)N(c3nc4cc(C)c(C)cc4[nH]3)C2c2ccc(OC)cc2)c(OCC)c1. The number of fused-ring (bicyclic) bond motifs is 1. The summed E-state index contributed by atoms with van der Waals surface area (Å²) in [6.07, 6.45) is 0. The van der Waals surface area contributed by atoms with Gasteiger partial charge in [0, 0.05) is 6.07 Å². The predicted octanol–water partition coefficient (Wildman–Crippen LogP) is 5.61. The fourth-order valence-electron chi connectivity index (χ4n) is 4.90. The molecule has 0 radical (unpaired) electrons. The van der Waals surface area contributed by atoms with E-state index in [4.69, 9.17) is 14.2 Å². The number of aromatic nitrogens is 2. The Morgan fingerprint density at radius 3 is 2.30 bits per heavy atom. The lowest BCUT2D eigenvalue weighted by atomic mass is 9.95. The molecule has 3 aromatic carbocycles. The number of anilines is 1. The molecule has 206 valence electrons. The number of carbonyl (C=O) groups is 2. The van der Waals surface area contributed by atoms with E-state index >= 15 is 0 Å². The number of ketones is 1. The summed E-state index contributed by atoms with van der Waals surface area (Å²) in [5.74, 6) is -0.278. The van der Waals surface area contributed by atoms with Crippen molar-refractivity contribution in [3.8, 4) is 17.2 Å². The van der Waals surface area contributed by atoms with Crippen LogP contribution in [-0.2, 0) is 9.59 Å². The van der Waals surface area contributed by atoms with Gasteiger partial charge in [-0.25, -0.2) is 4.98 Å². The molecule has 40 heavy (non-hydrogen) atoms. The average molecular weight is 542 g/mol. The number of aromatic amines is 1. The quantitative estimate of drug-likeness (QED) is 0.169. The van der Waals surface area contributed by atoms with E-state index in [1.165, 1.54) is 4.90 Å². The maximum atomic E-state index is 13.6. The van der Waals surface area contributed by atoms with E-state index < -0.39 is 17.7 Å². The molecular weight excluding hydrogens is 510 g/mol. The van der Waals surface area contributed by atoms with Crippen LogP contribution in [0.2, 0.25) is 0 Å². The van der Waals surface area contributed by atoms with Crippen LogP contribution < -0.4 is 19.1 Å². The van der Waals surface area contributed by atoms with Crippen molar-refractivity contribution in [1.82, 2.24) is 9.97 Å². The van der Waals surface area contributed by atoms with E-state index in [2.05, 4.69) is 9.97 Å². The Kier molecular flexibility index (Phi) is 7.21. The van der Waals surface area contributed by atoms with Crippen LogP contribution in [0, 0.1) is 13.8 Å². The summed E-state index contributed by atoms with van der Waals surface area (Å²) in [7, 11) is 1.56. The van der Waals surface area contributed by atoms with Crippen LogP contribution in [0.5, 0.6) is 17.2 Å². The Morgan fingerprint density at radius 1 is 0.950 bits per heavy atom. The molecule has 9 heteroatoms. The number of nitrogens with zero attached hydrogens (tertiary/aromatic N) is 2. The third kappa shape index (κ3) is 4.64. The lowest BCUT2D eigenvalue weighted by molar-refractivity contribution is -0.132. The number of H-pyrrole nitrogens is 1. The zero-order chi connectivity index (χ0) is 28.6. The van der Waals surface area contributed by atoms with E-state index in [1.807, 2.05) is 39.8 Å². The molecule has 1 aliphatic rings. The summed E-state index contributed by atoms with van der Waals surface area (Å²) >= 11 is 0. The molecule has 0 spiro atoms. The van der Waals surface area contributed by atoms with Crippen molar-refractivity contribution in [3.63, 3.8) is 0 Å². The van der Waals surface area contributed by atoms with Gasteiger partial charge >= 0.3 is 5.91 Å². The number of nitrogens with one attached hydrogen (secondary N) is 1. The van der Waals surface area contributed by atoms with Crippen molar-refractivity contribution in [3.05, 3.63) is 82.4 Å². The lowest BCUT2D eigenvalue weighted by Crippen LogP contribution is -2.30. The first-order chi connectivity index (χ1) is 19.3. The zero-order valence-electron chi connectivity index (χ0n) is 23.1. The number of Topliss-reactive ketones (excluding diaryl/α,β-unsaturated/α-hetero) is 1. The number of rotatable bonds is 8. The van der Waals surface area contributed by atoms with Crippen molar-refractivity contribution < 1.29 is 28.9 Å². The number of aliphatic hydroxyl groups is 1. The highest BCUT2D eigenvalue weighted by Crippen LogP contribution is 2.43. The van der Waals surface area contributed by atoms with Gasteiger partial charge < -0.3 is 24.3 Å². The van der Waals surface area contributed by atoms with Crippen molar-refractivity contribution in [2.75, 3.05) is 25.2 Å². The summed E-state index contributed by atoms with van der Waals surface area (Å²) in [6.45, 7) is 8.44. The Morgan fingerprint density at radius 2 is 1.62 bits per heavy atom. The minimum absolute atomic E-state index is 0.0758. The number of imidazole rings is 1. The zero-order valence-corrected chi connectivity index (χ0v) is 23.1. The Balaban J connectivity index is 1.72. The average Bonchev–Trinajstić information content (AvgIpc) is 3.46. The van der Waals surface area contributed by atoms with Crippen LogP contribution in [0.25, 0.3) is 16.8 Å². The van der Waals surface area contributed by atoms with Crippen molar-refractivity contribution in [1.29, 1.82) is 0 Å². The van der Waals surface area contributed by atoms with Gasteiger partial charge in [-0.2, -0.15) is 0 Å². The van der Waals surface area contributed by atoms with Crippen LogP contribution >= 0.6 is 0 Å². The summed E-state index contributed by atoms with van der Waals surface area (Å²) in [4.78, 5) is 36.4. The normalized spacial score (nSPS) is 16.5. The van der Waals surface area contributed by atoms with Crippen LogP contribution in [0.3, 0.4) is 0 Å². The van der Waals surface area contributed by atoms with Gasteiger partial charge in [0.15, 0.2) is 0 Å². The van der Waals surface area contributed by atoms with Crippen molar-refractivity contribution in [2.45, 2.75) is 33.7 Å². The Labute approximate surface area is 232 Å². The van der Waals surface area contributed by atoms with Crippen molar-refractivity contribution in [2.24, 2.45) is 0 Å². The van der Waals surface area contributed by atoms with Gasteiger partial charge in [-0.15, -0.1) is 0 Å². The number of carbonyl (C=O) groups excluding carboxylic acids is 2. The number of methoxy groups -OCH3 is 1. The third-order valence-corrected chi connectivity index (χ3v) is 7.01. The highest BCUT2D eigenvalue weighted by atomic mass is 16.5. The van der Waals surface area contributed by atoms with E-state index in [0.29, 0.717) is 41.5 Å². The number of amides is 1. The molecule has 0 aliphatic carbocycles. The number of hydrogen-bond donors (Lipinski definition) is 2. The second kappa shape index (κ2) is 10.8. The molecule has 1 aliphatic heterocycles. The topological polar surface area (TPSA) is 114 Å². The van der Waals surface area contributed by atoms with E-state index in [-0.39, 0.29) is 22.8 Å². The number of benzene rings is 3. The summed E-state index contributed by atoms with van der Waals surface area (Å²) in [5, 5.41) is 11.7. The third-order valence-electron chi connectivity index (χ3n) is 7.01. The Hall–Kier alpha value is -4.79. The molecule has 9 nitrogen and oxygen atoms in total. The standard InChI is InChI=1S/C31H31N3O6/c1-6-39-21-12-13-22(25(16-21)40-7-2)28(35)26-27(19-8-10-20(38-5)11-9-19)34(30(37)29(26)36)31-32-23-14-17(3)18(4)15-24(23)33-31/h8-16,27,35H,6-7H2,1-5H3,(H,32,33)/b28-26+. The maximum absolute atomic E-state index is 13.6. The molecule has 2 heterocycles. The highest BCUT2D eigenvalue weighted by molar-refractivity contribution is 6.51. The smallest absolute Gasteiger partial charge is 0.302 e. The van der Waals surface area contributed by atoms with Gasteiger partial charge in [0.05, 0.1) is 48.5 Å². The molecule has 5 rings (SSSR count). The fourth-order valence-corrected chi connectivity index (χ4v) is 4.90. The molecular formula is C31H31N3O6. The largest absolute Gasteiger partial charge is 0.507 e. The fraction of sp³-hybridized carbons (Fsp3) is 0.258. The molecule has 1 aromatic heterocycles. The molecule has 1 saturated heterocycles. The second-order valence-electron chi connectivity index (χ2n) is 9.48. The molecule has 4 aromatic rings. The van der Waals surface area contributed by atoms with Gasteiger partial charge in [0.2, 0.25) is 5.95 Å². The second-order valence-corrected chi connectivity index (χ2v) is 9.48. The van der Waals surface area contributed by atoms with Gasteiger partial charge in [0.1, 0.15) is 23.0 Å². The molecule has 0 saturated carbocycles. The van der Waals surface area contributed by atoms with Gasteiger partial charge in [-0.1, -0.05) is 12.1 Å². The summed E-state index contributed by atoms with van der Waals surface area (Å²) < 4.78 is 16.7. The van der Waals surface area contributed by atoms with Gasteiger partial charge in [-0.3, -0.25) is 14.5 Å². The van der Waals surface area contributed by atoms with Crippen molar-refractivity contribution >= 4 is 34.4 Å². The molecule has 1 atom stereocenters. The van der Waals surface area contributed by atoms with Gasteiger partial charge in [0.25, 0.3) is 5.78 Å². The number of aliphatic hydroxyl groups excluding tert-OH is 1. The van der Waals surface area contributed by atoms with Crippen LogP contribution in [0.4, 0.5) is 5.95 Å². The molecule has 1 unspecified atom stereocenters. The van der Waals surface area contributed by atoms with E-state index in [0.717, 1.165) is 16.6 Å². The first-order valence-corrected chi connectivity index (χ1v) is 13.1. The molecule has 1 amide bonds. The summed E-state index contributed by atoms with van der Waals surface area (Å²) in [6, 6.07) is 14.9. The highest BCUT2D eigenvalue weighted by Gasteiger charge is 2.48. The first kappa shape index (κ1) is 26.8. The first-order valence-electron chi connectivity index (χ1n) is 13.1. The maximum Gasteiger partial charge on any atom is 0.302 e. The minimum Gasteiger partial charge on any atom is -0.507 e. The predicted molar refractivity (Wildman–Crippen MR) is 152 cm³/mol. The monoisotopic (exact) mass is 541 g/mol. The Bertz CT molecular complexity index is 1600. The molecule has 0 bridgehead atoms. The number of aryl methyl sites for hydroxylation is 2. The minimum atomic E-state index is -0.963. The van der Waals surface area contributed by atoms with Crippen LogP contribution in [0.1, 0.15) is 42.1 Å². The summed E-state index contributed by atoms with van der Waals surface area (Å²) in [5.41, 5.74) is 4.31. The van der Waals surface area contributed by atoms with E-state index in [9.17, 15) is 14.7 Å². The lowest BCUT2D eigenvalue weighted by Gasteiger charge is -2.23. The number of ether oxygens (including phenoxy) is 3. The van der Waals surface area contributed by atoms with Crippen LogP contribution in [0.15, 0.2) is 60.2 Å².